The number of carbonyl (C=O) groups is 1. The quantitative estimate of drug-likeness (QED) is 0.826. The van der Waals surface area contributed by atoms with Gasteiger partial charge in [-0.25, -0.2) is 4.39 Å². The Hall–Kier alpha value is -0.350. The number of hydrogen-bond donors (Lipinski definition) is 0. The van der Waals surface area contributed by atoms with Gasteiger partial charge in [0.2, 0.25) is 0 Å². The lowest BCUT2D eigenvalue weighted by atomic mass is 10.1. The van der Waals surface area contributed by atoms with Crippen molar-refractivity contribution in [3.8, 4) is 0 Å². The van der Waals surface area contributed by atoms with Crippen LogP contribution in [-0.4, -0.2) is 16.3 Å². The second-order valence-corrected chi connectivity index (χ2v) is 7.52. The number of hydrogen-bond acceptors (Lipinski definition) is 2. The molecular formula is C13H16BrFOS. The van der Waals surface area contributed by atoms with Crippen LogP contribution in [0.5, 0.6) is 0 Å². The minimum Gasteiger partial charge on any atom is -0.298 e. The molecule has 0 saturated carbocycles. The number of rotatable bonds is 4. The maximum absolute atomic E-state index is 13.0. The van der Waals surface area contributed by atoms with Gasteiger partial charge in [-0.1, -0.05) is 26.8 Å². The molecule has 0 aromatic heterocycles. The van der Waals surface area contributed by atoms with Crippen molar-refractivity contribution < 1.29 is 9.18 Å². The molecule has 0 saturated heterocycles. The molecular weight excluding hydrogens is 303 g/mol. The number of halogens is 2. The first-order valence-electron chi connectivity index (χ1n) is 5.37. The van der Waals surface area contributed by atoms with Gasteiger partial charge in [0.05, 0.1) is 10.2 Å². The Morgan fingerprint density at radius 1 is 1.41 bits per heavy atom. The highest BCUT2D eigenvalue weighted by atomic mass is 79.9. The Bertz CT molecular complexity index is 412. The fraction of sp³-hybridized carbons (Fsp3) is 0.462. The van der Waals surface area contributed by atoms with Crippen molar-refractivity contribution in [1.82, 2.24) is 0 Å². The van der Waals surface area contributed by atoms with Crippen molar-refractivity contribution in [3.63, 3.8) is 0 Å². The molecule has 0 aliphatic heterocycles. The van der Waals surface area contributed by atoms with Crippen LogP contribution in [0.3, 0.4) is 0 Å². The van der Waals surface area contributed by atoms with E-state index in [2.05, 4.69) is 36.7 Å². The molecule has 0 aliphatic rings. The lowest BCUT2D eigenvalue weighted by Crippen LogP contribution is -2.14. The van der Waals surface area contributed by atoms with E-state index in [1.807, 2.05) is 0 Å². The summed E-state index contributed by atoms with van der Waals surface area (Å²) in [4.78, 5) is 11.7. The van der Waals surface area contributed by atoms with Crippen LogP contribution in [0.25, 0.3) is 0 Å². The highest BCUT2D eigenvalue weighted by molar-refractivity contribution is 9.10. The summed E-state index contributed by atoms with van der Waals surface area (Å²) in [5.74, 6) is 0.368. The predicted molar refractivity (Wildman–Crippen MR) is 75.0 cm³/mol. The maximum atomic E-state index is 13.0. The van der Waals surface area contributed by atoms with E-state index in [0.717, 1.165) is 5.56 Å². The molecule has 0 N–H and O–H groups in total. The minimum atomic E-state index is -0.301. The third kappa shape index (κ3) is 5.68. The van der Waals surface area contributed by atoms with Gasteiger partial charge in [0.15, 0.2) is 0 Å². The fourth-order valence-electron chi connectivity index (χ4n) is 1.23. The summed E-state index contributed by atoms with van der Waals surface area (Å²) in [5.41, 5.74) is 0.845. The molecule has 0 amide bonds. The molecule has 4 heteroatoms. The van der Waals surface area contributed by atoms with E-state index in [1.54, 1.807) is 23.9 Å². The summed E-state index contributed by atoms with van der Waals surface area (Å²) < 4.78 is 13.5. The fourth-order valence-corrected chi connectivity index (χ4v) is 2.35. The largest absolute Gasteiger partial charge is 0.298 e. The third-order valence-electron chi connectivity index (χ3n) is 2.05. The molecule has 1 rings (SSSR count). The highest BCUT2D eigenvalue weighted by Crippen LogP contribution is 2.23. The van der Waals surface area contributed by atoms with Gasteiger partial charge in [0.1, 0.15) is 11.6 Å². The van der Waals surface area contributed by atoms with E-state index >= 15 is 0 Å². The third-order valence-corrected chi connectivity index (χ3v) is 3.99. The monoisotopic (exact) mass is 318 g/mol. The molecule has 17 heavy (non-hydrogen) atoms. The number of ketones is 1. The molecule has 1 nitrogen and oxygen atoms in total. The summed E-state index contributed by atoms with van der Waals surface area (Å²) >= 11 is 4.75. The molecule has 0 atom stereocenters. The summed E-state index contributed by atoms with van der Waals surface area (Å²) in [6.45, 7) is 6.25. The number of carbonyl (C=O) groups excluding carboxylic acids is 1. The summed E-state index contributed by atoms with van der Waals surface area (Å²) in [7, 11) is 0. The molecule has 0 fully saturated rings. The minimum absolute atomic E-state index is 0.0963. The molecule has 1 aromatic rings. The Labute approximate surface area is 114 Å². The van der Waals surface area contributed by atoms with E-state index in [0.29, 0.717) is 16.6 Å². The van der Waals surface area contributed by atoms with Crippen LogP contribution in [0, 0.1) is 5.82 Å². The van der Waals surface area contributed by atoms with Crippen molar-refractivity contribution in [2.45, 2.75) is 31.9 Å². The zero-order chi connectivity index (χ0) is 13.1. The van der Waals surface area contributed by atoms with Gasteiger partial charge in [-0.2, -0.15) is 0 Å². The number of Topliss-reactive ketones (excluding diaryl/α,β-unsaturated/α-hetero) is 1. The average molecular weight is 319 g/mol. The smallest absolute Gasteiger partial charge is 0.147 e. The van der Waals surface area contributed by atoms with Crippen LogP contribution in [0.4, 0.5) is 4.39 Å². The topological polar surface area (TPSA) is 17.1 Å². The SMILES string of the molecule is CC(C)(C)SCC(=O)Cc1ccc(F)c(Br)c1. The van der Waals surface area contributed by atoms with Crippen LogP contribution in [0.15, 0.2) is 22.7 Å². The Balaban J connectivity index is 2.54. The van der Waals surface area contributed by atoms with Gasteiger partial charge in [0, 0.05) is 11.2 Å². The molecule has 0 spiro atoms. The normalized spacial score (nSPS) is 11.6. The van der Waals surface area contributed by atoms with Gasteiger partial charge in [-0.05, 0) is 33.6 Å². The van der Waals surface area contributed by atoms with E-state index in [4.69, 9.17) is 0 Å². The Morgan fingerprint density at radius 2 is 2.06 bits per heavy atom. The summed E-state index contributed by atoms with van der Waals surface area (Å²) in [6.07, 6.45) is 0.363. The molecule has 0 unspecified atom stereocenters. The zero-order valence-corrected chi connectivity index (χ0v) is 12.6. The second kappa shape index (κ2) is 6.01. The molecule has 0 bridgehead atoms. The van der Waals surface area contributed by atoms with Crippen LogP contribution < -0.4 is 0 Å². The van der Waals surface area contributed by atoms with Crippen LogP contribution in [0.2, 0.25) is 0 Å². The van der Waals surface area contributed by atoms with Gasteiger partial charge >= 0.3 is 0 Å². The average Bonchev–Trinajstić information content (AvgIpc) is 2.20. The van der Waals surface area contributed by atoms with Crippen molar-refractivity contribution in [2.75, 3.05) is 5.75 Å². The predicted octanol–water partition coefficient (Wildman–Crippen LogP) is 4.23. The first-order chi connectivity index (χ1) is 7.78. The van der Waals surface area contributed by atoms with E-state index in [-0.39, 0.29) is 16.3 Å². The van der Waals surface area contributed by atoms with Crippen molar-refractivity contribution in [3.05, 3.63) is 34.1 Å². The number of thioether (sulfide) groups is 1. The Kier molecular flexibility index (Phi) is 5.20. The first kappa shape index (κ1) is 14.7. The standard InChI is InChI=1S/C13H16BrFOS/c1-13(2,3)17-8-10(16)6-9-4-5-12(15)11(14)7-9/h4-5,7H,6,8H2,1-3H3. The van der Waals surface area contributed by atoms with Crippen LogP contribution in [0.1, 0.15) is 26.3 Å². The Morgan fingerprint density at radius 3 is 2.59 bits per heavy atom. The molecule has 0 heterocycles. The highest BCUT2D eigenvalue weighted by Gasteiger charge is 2.14. The number of benzene rings is 1. The van der Waals surface area contributed by atoms with Crippen molar-refractivity contribution in [1.29, 1.82) is 0 Å². The maximum Gasteiger partial charge on any atom is 0.147 e. The van der Waals surface area contributed by atoms with Gasteiger partial charge in [-0.3, -0.25) is 4.79 Å². The van der Waals surface area contributed by atoms with E-state index in [1.165, 1.54) is 6.07 Å². The van der Waals surface area contributed by atoms with Gasteiger partial charge in [-0.15, -0.1) is 11.8 Å². The van der Waals surface area contributed by atoms with E-state index in [9.17, 15) is 9.18 Å². The second-order valence-electron chi connectivity index (χ2n) is 4.86. The van der Waals surface area contributed by atoms with Crippen molar-refractivity contribution in [2.24, 2.45) is 0 Å². The van der Waals surface area contributed by atoms with E-state index < -0.39 is 0 Å². The molecule has 0 radical (unpaired) electrons. The van der Waals surface area contributed by atoms with Crippen LogP contribution in [-0.2, 0) is 11.2 Å². The zero-order valence-electron chi connectivity index (χ0n) is 10.2. The lowest BCUT2D eigenvalue weighted by Gasteiger charge is -2.16. The summed E-state index contributed by atoms with van der Waals surface area (Å²) in [6, 6.07) is 4.69. The molecule has 94 valence electrons. The van der Waals surface area contributed by atoms with Gasteiger partial charge < -0.3 is 0 Å². The molecule has 1 aromatic carbocycles. The van der Waals surface area contributed by atoms with Crippen molar-refractivity contribution >= 4 is 33.5 Å². The summed E-state index contributed by atoms with van der Waals surface area (Å²) in [5, 5.41) is 0. The lowest BCUT2D eigenvalue weighted by molar-refractivity contribution is -0.116. The molecule has 0 aliphatic carbocycles. The van der Waals surface area contributed by atoms with Crippen LogP contribution >= 0.6 is 27.7 Å². The van der Waals surface area contributed by atoms with Gasteiger partial charge in [0.25, 0.3) is 0 Å². The first-order valence-corrected chi connectivity index (χ1v) is 7.15.